The van der Waals surface area contributed by atoms with Crippen molar-refractivity contribution < 1.29 is 18.0 Å². The molecule has 0 aliphatic rings. The molecule has 0 bridgehead atoms. The van der Waals surface area contributed by atoms with Gasteiger partial charge in [-0.05, 0) is 43.4 Å². The lowest BCUT2D eigenvalue weighted by molar-refractivity contribution is 0.308. The molecule has 114 valence electrons. The molecule has 0 radical (unpaired) electrons. The lowest BCUT2D eigenvalue weighted by atomic mass is 10.1. The van der Waals surface area contributed by atoms with Crippen molar-refractivity contribution in [3.63, 3.8) is 0 Å². The van der Waals surface area contributed by atoms with E-state index in [1.807, 2.05) is 12.1 Å². The van der Waals surface area contributed by atoms with Gasteiger partial charge in [0, 0.05) is 0 Å². The first-order valence-corrected chi connectivity index (χ1v) is 8.88. The van der Waals surface area contributed by atoms with E-state index in [1.54, 1.807) is 12.1 Å². The monoisotopic (exact) mass is 318 g/mol. The summed E-state index contributed by atoms with van der Waals surface area (Å²) in [6.07, 6.45) is 8.64. The summed E-state index contributed by atoms with van der Waals surface area (Å²) in [5.41, 5.74) is 1.20. The van der Waals surface area contributed by atoms with Gasteiger partial charge in [-0.2, -0.15) is 0 Å². The van der Waals surface area contributed by atoms with Gasteiger partial charge in [-0.15, -0.1) is 0 Å². The van der Waals surface area contributed by atoms with E-state index in [2.05, 4.69) is 23.8 Å². The van der Waals surface area contributed by atoms with Crippen LogP contribution in [-0.4, -0.2) is 4.89 Å². The van der Waals surface area contributed by atoms with Gasteiger partial charge in [0.2, 0.25) is 0 Å². The van der Waals surface area contributed by atoms with Crippen LogP contribution in [0.5, 0.6) is 5.75 Å². The lowest BCUT2D eigenvalue weighted by Gasteiger charge is -2.09. The first kappa shape index (κ1) is 17.6. The van der Waals surface area contributed by atoms with Crippen molar-refractivity contribution in [3.05, 3.63) is 29.8 Å². The molecule has 0 saturated carbocycles. The van der Waals surface area contributed by atoms with Crippen molar-refractivity contribution in [1.29, 1.82) is 0 Å². The van der Waals surface area contributed by atoms with Gasteiger partial charge in [0.1, 0.15) is 5.75 Å². The minimum Gasteiger partial charge on any atom is -0.404 e. The number of thiol groups is 1. The second kappa shape index (κ2) is 9.46. The van der Waals surface area contributed by atoms with Crippen molar-refractivity contribution in [2.45, 2.75) is 51.9 Å². The molecule has 1 atom stereocenters. The maximum atomic E-state index is 11.2. The van der Waals surface area contributed by atoms with Crippen LogP contribution in [0.3, 0.4) is 0 Å². The molecule has 20 heavy (non-hydrogen) atoms. The number of unbranched alkanes of at least 4 members (excludes halogenated alkanes) is 5. The standard InChI is InChI=1S/C14H23O4PS/c1-2-3-4-5-6-7-8-13-9-11-14(12-10-13)17-19(15,16)18-20/h9-12,20H,2-8H2,1H3,(H,15,16). The molecule has 0 amide bonds. The Balaban J connectivity index is 2.30. The molecular formula is C14H23O4PS. The Morgan fingerprint density at radius 3 is 2.30 bits per heavy atom. The molecule has 0 heterocycles. The molecule has 0 fully saturated rings. The van der Waals surface area contributed by atoms with Crippen molar-refractivity contribution in [2.24, 2.45) is 0 Å². The third-order valence-electron chi connectivity index (χ3n) is 3.07. The topological polar surface area (TPSA) is 55.8 Å². The molecular weight excluding hydrogens is 295 g/mol. The van der Waals surface area contributed by atoms with Crippen LogP contribution in [0.15, 0.2) is 24.3 Å². The number of rotatable bonds is 10. The van der Waals surface area contributed by atoms with Crippen molar-refractivity contribution in [2.75, 3.05) is 0 Å². The molecule has 0 aliphatic heterocycles. The van der Waals surface area contributed by atoms with E-state index in [4.69, 9.17) is 9.42 Å². The Morgan fingerprint density at radius 1 is 1.10 bits per heavy atom. The molecule has 0 aromatic heterocycles. The van der Waals surface area contributed by atoms with Crippen LogP contribution in [0.4, 0.5) is 0 Å². The summed E-state index contributed by atoms with van der Waals surface area (Å²) in [4.78, 5) is 9.12. The number of phosphoric acid groups is 1. The third-order valence-corrected chi connectivity index (χ3v) is 4.33. The quantitative estimate of drug-likeness (QED) is 0.278. The second-order valence-electron chi connectivity index (χ2n) is 4.80. The maximum absolute atomic E-state index is 11.2. The van der Waals surface area contributed by atoms with E-state index in [0.717, 1.165) is 6.42 Å². The Labute approximate surface area is 126 Å². The minimum atomic E-state index is -4.08. The molecule has 0 spiro atoms. The minimum absolute atomic E-state index is 0.302. The number of benzene rings is 1. The summed E-state index contributed by atoms with van der Waals surface area (Å²) in [7, 11) is -4.08. The van der Waals surface area contributed by atoms with Crippen LogP contribution in [0.25, 0.3) is 0 Å². The fraction of sp³-hybridized carbons (Fsp3) is 0.571. The first-order valence-electron chi connectivity index (χ1n) is 7.02. The molecule has 4 nitrogen and oxygen atoms in total. The fourth-order valence-electron chi connectivity index (χ4n) is 1.98. The van der Waals surface area contributed by atoms with Gasteiger partial charge < -0.3 is 4.52 Å². The number of aryl methyl sites for hydroxylation is 1. The summed E-state index contributed by atoms with van der Waals surface area (Å²) in [6.45, 7) is 2.22. The second-order valence-corrected chi connectivity index (χ2v) is 6.58. The first-order chi connectivity index (χ1) is 9.57. The average molecular weight is 318 g/mol. The Kier molecular flexibility index (Phi) is 8.31. The van der Waals surface area contributed by atoms with E-state index < -0.39 is 7.82 Å². The molecule has 1 unspecified atom stereocenters. The smallest absolute Gasteiger partial charge is 0.404 e. The van der Waals surface area contributed by atoms with Crippen molar-refractivity contribution in [3.8, 4) is 5.75 Å². The van der Waals surface area contributed by atoms with Crippen LogP contribution < -0.4 is 4.52 Å². The summed E-state index contributed by atoms with van der Waals surface area (Å²) < 4.78 is 20.0. The zero-order chi connectivity index (χ0) is 14.8. The number of hydrogen-bond donors (Lipinski definition) is 2. The van der Waals surface area contributed by atoms with Gasteiger partial charge >= 0.3 is 7.82 Å². The molecule has 0 saturated heterocycles. The highest BCUT2D eigenvalue weighted by Crippen LogP contribution is 2.44. The Hall–Kier alpha value is -0.480. The molecule has 1 N–H and O–H groups in total. The van der Waals surface area contributed by atoms with Gasteiger partial charge in [0.25, 0.3) is 0 Å². The molecule has 6 heteroatoms. The largest absolute Gasteiger partial charge is 0.538 e. The van der Waals surface area contributed by atoms with E-state index in [1.165, 1.54) is 44.1 Å². The summed E-state index contributed by atoms with van der Waals surface area (Å²) in [5, 5.41) is 0. The fourth-order valence-corrected chi connectivity index (χ4v) is 2.50. The highest BCUT2D eigenvalue weighted by atomic mass is 32.1. The van der Waals surface area contributed by atoms with Gasteiger partial charge in [-0.25, -0.2) is 8.54 Å². The zero-order valence-electron chi connectivity index (χ0n) is 11.8. The predicted octanol–water partition coefficient (Wildman–Crippen LogP) is 4.93. The molecule has 1 aromatic carbocycles. The van der Waals surface area contributed by atoms with Gasteiger partial charge in [0.05, 0.1) is 0 Å². The van der Waals surface area contributed by atoms with Crippen LogP contribution in [0.2, 0.25) is 0 Å². The lowest BCUT2D eigenvalue weighted by Crippen LogP contribution is -1.92. The zero-order valence-corrected chi connectivity index (χ0v) is 13.6. The van der Waals surface area contributed by atoms with Crippen LogP contribution >= 0.6 is 20.7 Å². The van der Waals surface area contributed by atoms with Gasteiger partial charge in [-0.1, -0.05) is 51.2 Å². The Morgan fingerprint density at radius 2 is 1.70 bits per heavy atom. The molecule has 0 aliphatic carbocycles. The molecule has 1 rings (SSSR count). The van der Waals surface area contributed by atoms with Crippen LogP contribution in [0.1, 0.15) is 51.0 Å². The third kappa shape index (κ3) is 7.34. The summed E-state index contributed by atoms with van der Waals surface area (Å²) in [5.74, 6) is 0.302. The van der Waals surface area contributed by atoms with Gasteiger partial charge in [0.15, 0.2) is 0 Å². The number of phosphoric ester groups is 1. The van der Waals surface area contributed by atoms with E-state index in [-0.39, 0.29) is 0 Å². The summed E-state index contributed by atoms with van der Waals surface area (Å²) >= 11 is 3.29. The highest BCUT2D eigenvalue weighted by molar-refractivity contribution is 7.80. The predicted molar refractivity (Wildman–Crippen MR) is 84.0 cm³/mol. The average Bonchev–Trinajstić information content (AvgIpc) is 2.44. The highest BCUT2D eigenvalue weighted by Gasteiger charge is 2.21. The normalized spacial score (nSPS) is 13.9. The maximum Gasteiger partial charge on any atom is 0.538 e. The number of hydrogen-bond acceptors (Lipinski definition) is 4. The van der Waals surface area contributed by atoms with Gasteiger partial charge in [-0.3, -0.25) is 4.89 Å². The van der Waals surface area contributed by atoms with Crippen molar-refractivity contribution in [1.82, 2.24) is 0 Å². The van der Waals surface area contributed by atoms with E-state index in [9.17, 15) is 4.57 Å². The Bertz CT molecular complexity index is 422. The van der Waals surface area contributed by atoms with Crippen LogP contribution in [-0.2, 0) is 15.0 Å². The van der Waals surface area contributed by atoms with E-state index >= 15 is 0 Å². The van der Waals surface area contributed by atoms with E-state index in [0.29, 0.717) is 5.75 Å². The van der Waals surface area contributed by atoms with Crippen LogP contribution in [0, 0.1) is 0 Å². The molecule has 1 aromatic rings. The summed E-state index contributed by atoms with van der Waals surface area (Å²) in [6, 6.07) is 7.14. The van der Waals surface area contributed by atoms with Crippen molar-refractivity contribution >= 4 is 20.7 Å². The SMILES string of the molecule is CCCCCCCCc1ccc(OP(=O)(O)OS)cc1.